The summed E-state index contributed by atoms with van der Waals surface area (Å²) < 4.78 is 6.58. The SMILES string of the molecule is Cc1c(C(=O)OCC(=O)N(C)C(C)c2ccccc2)sc2ncn(C)c(=O)c12. The Kier molecular flexibility index (Phi) is 5.60. The van der Waals surface area contributed by atoms with Crippen LogP contribution in [-0.2, 0) is 16.6 Å². The monoisotopic (exact) mass is 399 g/mol. The number of carbonyl (C=O) groups is 2. The van der Waals surface area contributed by atoms with Crippen molar-refractivity contribution in [1.29, 1.82) is 0 Å². The molecule has 28 heavy (non-hydrogen) atoms. The van der Waals surface area contributed by atoms with Gasteiger partial charge < -0.3 is 14.2 Å². The van der Waals surface area contributed by atoms with Gasteiger partial charge >= 0.3 is 5.97 Å². The number of hydrogen-bond acceptors (Lipinski definition) is 6. The zero-order chi connectivity index (χ0) is 20.4. The molecule has 1 atom stereocenters. The standard InChI is InChI=1S/C20H21N3O4S/c1-12-16-18(21-11-22(3)19(16)25)28-17(12)20(26)27-10-15(24)23(4)13(2)14-8-6-5-7-9-14/h5-9,11,13H,10H2,1-4H3. The number of carbonyl (C=O) groups excluding carboxylic acids is 2. The highest BCUT2D eigenvalue weighted by molar-refractivity contribution is 7.20. The Balaban J connectivity index is 1.71. The number of aryl methyl sites for hydroxylation is 2. The van der Waals surface area contributed by atoms with Crippen LogP contribution in [0.15, 0.2) is 41.5 Å². The fraction of sp³-hybridized carbons (Fsp3) is 0.300. The fourth-order valence-electron chi connectivity index (χ4n) is 2.87. The summed E-state index contributed by atoms with van der Waals surface area (Å²) >= 11 is 1.09. The van der Waals surface area contributed by atoms with Gasteiger partial charge in [0.2, 0.25) is 0 Å². The highest BCUT2D eigenvalue weighted by Crippen LogP contribution is 2.27. The molecule has 7 nitrogen and oxygen atoms in total. The molecule has 0 bridgehead atoms. The van der Waals surface area contributed by atoms with Crippen molar-refractivity contribution in [2.45, 2.75) is 19.9 Å². The third-order valence-electron chi connectivity index (χ3n) is 4.78. The van der Waals surface area contributed by atoms with Gasteiger partial charge in [-0.25, -0.2) is 9.78 Å². The Labute approximate surface area is 166 Å². The van der Waals surface area contributed by atoms with Crippen LogP contribution < -0.4 is 5.56 Å². The number of hydrogen-bond donors (Lipinski definition) is 0. The van der Waals surface area contributed by atoms with Gasteiger partial charge in [-0.1, -0.05) is 30.3 Å². The summed E-state index contributed by atoms with van der Waals surface area (Å²) in [6, 6.07) is 9.46. The summed E-state index contributed by atoms with van der Waals surface area (Å²) in [5.74, 6) is -0.936. The summed E-state index contributed by atoms with van der Waals surface area (Å²) in [5, 5.41) is 0.406. The Bertz CT molecular complexity index is 1090. The number of amides is 1. The van der Waals surface area contributed by atoms with Gasteiger partial charge in [-0.05, 0) is 25.0 Å². The van der Waals surface area contributed by atoms with Crippen LogP contribution in [0.25, 0.3) is 10.2 Å². The predicted molar refractivity (Wildman–Crippen MR) is 108 cm³/mol. The second-order valence-electron chi connectivity index (χ2n) is 6.56. The molecule has 0 fully saturated rings. The zero-order valence-corrected chi connectivity index (χ0v) is 16.9. The van der Waals surface area contributed by atoms with Crippen LogP contribution in [0.1, 0.15) is 33.8 Å². The molecule has 0 aliphatic carbocycles. The molecule has 0 saturated heterocycles. The molecule has 1 amide bonds. The molecule has 1 unspecified atom stereocenters. The minimum absolute atomic E-state index is 0.148. The van der Waals surface area contributed by atoms with Crippen LogP contribution >= 0.6 is 11.3 Å². The van der Waals surface area contributed by atoms with Gasteiger partial charge in [-0.2, -0.15) is 0 Å². The summed E-state index contributed by atoms with van der Waals surface area (Å²) in [5.41, 5.74) is 1.30. The van der Waals surface area contributed by atoms with Gasteiger partial charge in [0, 0.05) is 14.1 Å². The van der Waals surface area contributed by atoms with Crippen molar-refractivity contribution in [2.75, 3.05) is 13.7 Å². The van der Waals surface area contributed by atoms with Crippen LogP contribution in [-0.4, -0.2) is 40.0 Å². The normalized spacial score (nSPS) is 12.0. The van der Waals surface area contributed by atoms with E-state index in [1.165, 1.54) is 15.8 Å². The molecule has 3 aromatic rings. The highest BCUT2D eigenvalue weighted by Gasteiger charge is 2.23. The number of aromatic nitrogens is 2. The molecule has 146 valence electrons. The van der Waals surface area contributed by atoms with E-state index in [0.29, 0.717) is 15.8 Å². The second-order valence-corrected chi connectivity index (χ2v) is 7.56. The molecule has 3 rings (SSSR count). The van der Waals surface area contributed by atoms with Crippen LogP contribution in [0.3, 0.4) is 0 Å². The topological polar surface area (TPSA) is 81.5 Å². The number of ether oxygens (including phenoxy) is 1. The van der Waals surface area contributed by atoms with Crippen molar-refractivity contribution in [2.24, 2.45) is 7.05 Å². The lowest BCUT2D eigenvalue weighted by Gasteiger charge is -2.25. The zero-order valence-electron chi connectivity index (χ0n) is 16.1. The first-order chi connectivity index (χ1) is 13.3. The number of likely N-dealkylation sites (N-methyl/N-ethyl adjacent to an activating group) is 1. The molecular weight excluding hydrogens is 378 g/mol. The van der Waals surface area contributed by atoms with E-state index in [0.717, 1.165) is 16.9 Å². The van der Waals surface area contributed by atoms with Crippen molar-refractivity contribution in [3.05, 3.63) is 63.0 Å². The molecule has 0 N–H and O–H groups in total. The van der Waals surface area contributed by atoms with Gasteiger partial charge in [0.25, 0.3) is 11.5 Å². The first kappa shape index (κ1) is 19.8. The molecule has 0 aliphatic heterocycles. The third kappa shape index (κ3) is 3.68. The molecule has 8 heteroatoms. The first-order valence-electron chi connectivity index (χ1n) is 8.73. The van der Waals surface area contributed by atoms with E-state index >= 15 is 0 Å². The quantitative estimate of drug-likeness (QED) is 0.616. The van der Waals surface area contributed by atoms with Crippen LogP contribution in [0.2, 0.25) is 0 Å². The lowest BCUT2D eigenvalue weighted by atomic mass is 10.1. The fourth-order valence-corrected chi connectivity index (χ4v) is 3.90. The van der Waals surface area contributed by atoms with Crippen molar-refractivity contribution < 1.29 is 14.3 Å². The maximum absolute atomic E-state index is 12.5. The van der Waals surface area contributed by atoms with Crippen LogP contribution in [0.5, 0.6) is 0 Å². The number of rotatable bonds is 5. The molecule has 1 aromatic carbocycles. The maximum Gasteiger partial charge on any atom is 0.349 e. The number of esters is 1. The molecule has 0 radical (unpaired) electrons. The minimum atomic E-state index is -0.628. The molecular formula is C20H21N3O4S. The average molecular weight is 399 g/mol. The van der Waals surface area contributed by atoms with E-state index in [1.54, 1.807) is 21.0 Å². The van der Waals surface area contributed by atoms with E-state index in [1.807, 2.05) is 37.3 Å². The largest absolute Gasteiger partial charge is 0.451 e. The molecule has 2 aromatic heterocycles. The molecule has 0 spiro atoms. The lowest BCUT2D eigenvalue weighted by Crippen LogP contribution is -2.33. The number of nitrogens with zero attached hydrogens (tertiary/aromatic N) is 3. The average Bonchev–Trinajstić information content (AvgIpc) is 3.05. The van der Waals surface area contributed by atoms with E-state index in [4.69, 9.17) is 4.74 Å². The second kappa shape index (κ2) is 7.93. The van der Waals surface area contributed by atoms with Gasteiger partial charge in [0.15, 0.2) is 6.61 Å². The number of thiophene rings is 1. The van der Waals surface area contributed by atoms with E-state index in [9.17, 15) is 14.4 Å². The Morgan fingerprint density at radius 2 is 1.96 bits per heavy atom. The highest BCUT2D eigenvalue weighted by atomic mass is 32.1. The van der Waals surface area contributed by atoms with Gasteiger partial charge in [-0.15, -0.1) is 11.3 Å². The molecule has 2 heterocycles. The summed E-state index contributed by atoms with van der Waals surface area (Å²) in [4.78, 5) is 43.7. The Morgan fingerprint density at radius 3 is 2.64 bits per heavy atom. The van der Waals surface area contributed by atoms with E-state index < -0.39 is 5.97 Å². The minimum Gasteiger partial charge on any atom is -0.451 e. The number of benzene rings is 1. The predicted octanol–water partition coefficient (Wildman–Crippen LogP) is 2.68. The Morgan fingerprint density at radius 1 is 1.29 bits per heavy atom. The molecule has 0 saturated carbocycles. The van der Waals surface area contributed by atoms with Gasteiger partial charge in [-0.3, -0.25) is 9.59 Å². The maximum atomic E-state index is 12.5. The lowest BCUT2D eigenvalue weighted by molar-refractivity contribution is -0.135. The van der Waals surface area contributed by atoms with Crippen molar-refractivity contribution in [1.82, 2.24) is 14.5 Å². The van der Waals surface area contributed by atoms with Gasteiger partial charge in [0.1, 0.15) is 9.71 Å². The van der Waals surface area contributed by atoms with E-state index in [2.05, 4.69) is 4.98 Å². The van der Waals surface area contributed by atoms with Crippen LogP contribution in [0.4, 0.5) is 0 Å². The summed E-state index contributed by atoms with van der Waals surface area (Å²) in [7, 11) is 3.28. The van der Waals surface area contributed by atoms with Crippen molar-refractivity contribution >= 4 is 33.4 Å². The summed E-state index contributed by atoms with van der Waals surface area (Å²) in [6.45, 7) is 3.22. The summed E-state index contributed by atoms with van der Waals surface area (Å²) in [6.07, 6.45) is 1.42. The third-order valence-corrected chi connectivity index (χ3v) is 5.96. The first-order valence-corrected chi connectivity index (χ1v) is 9.55. The van der Waals surface area contributed by atoms with E-state index in [-0.39, 0.29) is 29.0 Å². The smallest absolute Gasteiger partial charge is 0.349 e. The van der Waals surface area contributed by atoms with Crippen molar-refractivity contribution in [3.63, 3.8) is 0 Å². The van der Waals surface area contributed by atoms with Gasteiger partial charge in [0.05, 0.1) is 17.8 Å². The Hall–Kier alpha value is -3.00. The number of fused-ring (bicyclic) bond motifs is 1. The molecule has 0 aliphatic rings. The van der Waals surface area contributed by atoms with Crippen molar-refractivity contribution in [3.8, 4) is 0 Å². The van der Waals surface area contributed by atoms with Crippen LogP contribution in [0, 0.1) is 6.92 Å².